The quantitative estimate of drug-likeness (QED) is 0.814. The van der Waals surface area contributed by atoms with Crippen LogP contribution >= 0.6 is 0 Å². The fraction of sp³-hybridized carbons (Fsp3) is 0.467. The number of likely N-dealkylation sites (tertiary alicyclic amines) is 1. The number of nitrogens with one attached hydrogen (secondary N) is 1. The summed E-state index contributed by atoms with van der Waals surface area (Å²) in [5.41, 5.74) is 1.17. The molecule has 0 bridgehead atoms. The topological polar surface area (TPSA) is 49.4 Å². The van der Waals surface area contributed by atoms with Gasteiger partial charge in [-0.05, 0) is 18.5 Å². The highest BCUT2D eigenvalue weighted by Gasteiger charge is 2.44. The van der Waals surface area contributed by atoms with Crippen LogP contribution in [0.2, 0.25) is 0 Å². The van der Waals surface area contributed by atoms with Gasteiger partial charge in [-0.3, -0.25) is 19.8 Å². The van der Waals surface area contributed by atoms with E-state index in [2.05, 4.69) is 22.3 Å². The van der Waals surface area contributed by atoms with Crippen LogP contribution in [0.15, 0.2) is 30.3 Å². The molecular formula is C15H18N2O2. The van der Waals surface area contributed by atoms with Crippen LogP contribution in [0.5, 0.6) is 0 Å². The van der Waals surface area contributed by atoms with Gasteiger partial charge in [-0.1, -0.05) is 30.3 Å². The van der Waals surface area contributed by atoms with Crippen molar-refractivity contribution in [2.24, 2.45) is 5.41 Å². The number of rotatable bonds is 2. The third-order valence-corrected chi connectivity index (χ3v) is 4.12. The van der Waals surface area contributed by atoms with E-state index in [0.717, 1.165) is 26.1 Å². The van der Waals surface area contributed by atoms with Crippen molar-refractivity contribution >= 4 is 11.8 Å². The predicted molar refractivity (Wildman–Crippen MR) is 71.2 cm³/mol. The van der Waals surface area contributed by atoms with Gasteiger partial charge in [-0.2, -0.15) is 0 Å². The monoisotopic (exact) mass is 258 g/mol. The Hall–Kier alpha value is -1.68. The Morgan fingerprint density at radius 1 is 1.11 bits per heavy atom. The predicted octanol–water partition coefficient (Wildman–Crippen LogP) is 1.32. The fourth-order valence-electron chi connectivity index (χ4n) is 3.28. The molecule has 1 aromatic carbocycles. The molecule has 4 nitrogen and oxygen atoms in total. The summed E-state index contributed by atoms with van der Waals surface area (Å²) in [5, 5.41) is 2.40. The maximum absolute atomic E-state index is 11.5. The van der Waals surface area contributed by atoms with Gasteiger partial charge in [0.05, 0.1) is 0 Å². The number of amides is 2. The molecule has 100 valence electrons. The third-order valence-electron chi connectivity index (χ3n) is 4.12. The molecule has 2 fully saturated rings. The van der Waals surface area contributed by atoms with Gasteiger partial charge in [0, 0.05) is 31.3 Å². The zero-order valence-corrected chi connectivity index (χ0v) is 10.9. The van der Waals surface area contributed by atoms with Gasteiger partial charge >= 0.3 is 0 Å². The largest absolute Gasteiger partial charge is 0.298 e. The summed E-state index contributed by atoms with van der Waals surface area (Å²) in [6.07, 6.45) is 1.92. The van der Waals surface area contributed by atoms with E-state index in [9.17, 15) is 9.59 Å². The average molecular weight is 258 g/mol. The van der Waals surface area contributed by atoms with E-state index in [0.29, 0.717) is 12.8 Å². The summed E-state index contributed by atoms with van der Waals surface area (Å²) in [6.45, 7) is 2.72. The minimum Gasteiger partial charge on any atom is -0.298 e. The van der Waals surface area contributed by atoms with Crippen molar-refractivity contribution in [2.45, 2.75) is 25.8 Å². The van der Waals surface area contributed by atoms with Crippen LogP contribution in [0.3, 0.4) is 0 Å². The molecular weight excluding hydrogens is 240 g/mol. The smallest absolute Gasteiger partial charge is 0.227 e. The second kappa shape index (κ2) is 4.78. The number of hydrogen-bond donors (Lipinski definition) is 1. The fourth-order valence-corrected chi connectivity index (χ4v) is 3.28. The van der Waals surface area contributed by atoms with Gasteiger partial charge in [0.25, 0.3) is 0 Å². The lowest BCUT2D eigenvalue weighted by Crippen LogP contribution is -2.45. The first-order valence-electron chi connectivity index (χ1n) is 6.74. The molecule has 3 rings (SSSR count). The van der Waals surface area contributed by atoms with Crippen molar-refractivity contribution in [3.05, 3.63) is 35.9 Å². The molecule has 2 aliphatic rings. The van der Waals surface area contributed by atoms with Crippen molar-refractivity contribution in [3.63, 3.8) is 0 Å². The summed E-state index contributed by atoms with van der Waals surface area (Å²) in [7, 11) is 0. The first kappa shape index (κ1) is 12.4. The lowest BCUT2D eigenvalue weighted by Gasteiger charge is -2.31. The Bertz CT molecular complexity index is 482. The molecule has 2 aliphatic heterocycles. The number of carbonyl (C=O) groups is 2. The van der Waals surface area contributed by atoms with Gasteiger partial charge in [-0.15, -0.1) is 0 Å². The second-order valence-electron chi connectivity index (χ2n) is 5.77. The SMILES string of the molecule is O=C1CC2(CCN(Cc3ccccc3)C2)CC(=O)N1. The number of imide groups is 1. The Morgan fingerprint density at radius 2 is 1.79 bits per heavy atom. The van der Waals surface area contributed by atoms with Crippen molar-refractivity contribution in [2.75, 3.05) is 13.1 Å². The van der Waals surface area contributed by atoms with Crippen LogP contribution in [-0.2, 0) is 16.1 Å². The van der Waals surface area contributed by atoms with E-state index in [-0.39, 0.29) is 17.2 Å². The number of hydrogen-bond acceptors (Lipinski definition) is 3. The molecule has 1 aromatic rings. The first-order chi connectivity index (χ1) is 9.15. The summed E-state index contributed by atoms with van der Waals surface area (Å²) < 4.78 is 0. The summed E-state index contributed by atoms with van der Waals surface area (Å²) in [4.78, 5) is 25.4. The van der Waals surface area contributed by atoms with Gasteiger partial charge in [-0.25, -0.2) is 0 Å². The van der Waals surface area contributed by atoms with E-state index in [1.807, 2.05) is 18.2 Å². The molecule has 0 aliphatic carbocycles. The third kappa shape index (κ3) is 2.68. The van der Waals surface area contributed by atoms with Gasteiger partial charge in [0.1, 0.15) is 0 Å². The molecule has 2 saturated heterocycles. The Kier molecular flexibility index (Phi) is 3.11. The van der Waals surface area contributed by atoms with Crippen molar-refractivity contribution in [3.8, 4) is 0 Å². The molecule has 0 unspecified atom stereocenters. The highest BCUT2D eigenvalue weighted by molar-refractivity contribution is 5.98. The minimum atomic E-state index is -0.117. The van der Waals surface area contributed by atoms with Crippen molar-refractivity contribution < 1.29 is 9.59 Å². The Balaban J connectivity index is 1.66. The lowest BCUT2D eigenvalue weighted by atomic mass is 9.78. The van der Waals surface area contributed by atoms with Gasteiger partial charge < -0.3 is 0 Å². The maximum Gasteiger partial charge on any atom is 0.227 e. The molecule has 1 spiro atoms. The Morgan fingerprint density at radius 3 is 2.47 bits per heavy atom. The number of piperidine rings is 1. The van der Waals surface area contributed by atoms with E-state index >= 15 is 0 Å². The van der Waals surface area contributed by atoms with Crippen molar-refractivity contribution in [1.29, 1.82) is 0 Å². The van der Waals surface area contributed by atoms with E-state index in [1.54, 1.807) is 0 Å². The molecule has 0 aromatic heterocycles. The van der Waals surface area contributed by atoms with Crippen LogP contribution in [0.25, 0.3) is 0 Å². The number of carbonyl (C=O) groups excluding carboxylic acids is 2. The normalized spacial score (nSPS) is 22.7. The lowest BCUT2D eigenvalue weighted by molar-refractivity contribution is -0.137. The molecule has 2 heterocycles. The van der Waals surface area contributed by atoms with Gasteiger partial charge in [0.2, 0.25) is 11.8 Å². The molecule has 19 heavy (non-hydrogen) atoms. The molecule has 0 radical (unpaired) electrons. The molecule has 2 amide bonds. The van der Waals surface area contributed by atoms with Crippen LogP contribution in [0.4, 0.5) is 0 Å². The van der Waals surface area contributed by atoms with E-state index in [1.165, 1.54) is 5.56 Å². The molecule has 4 heteroatoms. The second-order valence-corrected chi connectivity index (χ2v) is 5.77. The van der Waals surface area contributed by atoms with Crippen LogP contribution in [-0.4, -0.2) is 29.8 Å². The molecule has 0 saturated carbocycles. The van der Waals surface area contributed by atoms with Gasteiger partial charge in [0.15, 0.2) is 0 Å². The summed E-state index contributed by atoms with van der Waals surface area (Å²) >= 11 is 0. The summed E-state index contributed by atoms with van der Waals surface area (Å²) in [6, 6.07) is 10.3. The van der Waals surface area contributed by atoms with Crippen LogP contribution < -0.4 is 5.32 Å². The maximum atomic E-state index is 11.5. The van der Waals surface area contributed by atoms with E-state index < -0.39 is 0 Å². The zero-order valence-electron chi connectivity index (χ0n) is 10.9. The summed E-state index contributed by atoms with van der Waals surface area (Å²) in [5.74, 6) is -0.226. The Labute approximate surface area is 112 Å². The highest BCUT2D eigenvalue weighted by Crippen LogP contribution is 2.39. The first-order valence-corrected chi connectivity index (χ1v) is 6.74. The molecule has 1 N–H and O–H groups in total. The number of benzene rings is 1. The minimum absolute atomic E-state index is 0.113. The zero-order chi connectivity index (χ0) is 13.3. The number of nitrogens with zero attached hydrogens (tertiary/aromatic N) is 1. The van der Waals surface area contributed by atoms with E-state index in [4.69, 9.17) is 0 Å². The average Bonchev–Trinajstić information content (AvgIpc) is 2.71. The highest BCUT2D eigenvalue weighted by atomic mass is 16.2. The van der Waals surface area contributed by atoms with Crippen LogP contribution in [0.1, 0.15) is 24.8 Å². The molecule has 0 atom stereocenters. The van der Waals surface area contributed by atoms with Crippen molar-refractivity contribution in [1.82, 2.24) is 10.2 Å². The van der Waals surface area contributed by atoms with Crippen LogP contribution in [0, 0.1) is 5.41 Å². The standard InChI is InChI=1S/C15H18N2O2/c18-13-8-15(9-14(19)16-13)6-7-17(11-15)10-12-4-2-1-3-5-12/h1-5H,6-11H2,(H,16,18,19).